The highest BCUT2D eigenvalue weighted by Crippen LogP contribution is 2.34. The van der Waals surface area contributed by atoms with Gasteiger partial charge in [-0.25, -0.2) is 0 Å². The topological polar surface area (TPSA) is 43.3 Å². The summed E-state index contributed by atoms with van der Waals surface area (Å²) < 4.78 is 46.6. The van der Waals surface area contributed by atoms with Gasteiger partial charge in [-0.15, -0.1) is 11.8 Å². The standard InChI is InChI=1S/C27H25F3N2O2S/c1-2-34-22-12-10-20(11-13-22)26(33)31-14-15-32-17-25(23-8-3-4-9-24(23)32)35-18-19-6-5-7-21(16-19)27(28,29)30/h3-13,16-17H,2,14-15,18H2,1H3,(H,31,33). The van der Waals surface area contributed by atoms with Crippen LogP contribution in [-0.4, -0.2) is 23.6 Å². The Morgan fingerprint density at radius 3 is 2.54 bits per heavy atom. The fourth-order valence-electron chi connectivity index (χ4n) is 3.77. The van der Waals surface area contributed by atoms with Crippen molar-refractivity contribution in [2.24, 2.45) is 0 Å². The van der Waals surface area contributed by atoms with Gasteiger partial charge in [-0.3, -0.25) is 4.79 Å². The lowest BCUT2D eigenvalue weighted by molar-refractivity contribution is -0.137. The number of halogens is 3. The molecule has 8 heteroatoms. The van der Waals surface area contributed by atoms with Gasteiger partial charge in [-0.1, -0.05) is 36.4 Å². The zero-order chi connectivity index (χ0) is 24.8. The van der Waals surface area contributed by atoms with Crippen LogP contribution in [0.3, 0.4) is 0 Å². The second-order valence-electron chi connectivity index (χ2n) is 7.90. The van der Waals surface area contributed by atoms with Gasteiger partial charge in [-0.05, 0) is 48.9 Å². The number of rotatable bonds is 9. The first kappa shape index (κ1) is 24.7. The Morgan fingerprint density at radius 2 is 1.80 bits per heavy atom. The van der Waals surface area contributed by atoms with Gasteiger partial charge in [0.15, 0.2) is 0 Å². The summed E-state index contributed by atoms with van der Waals surface area (Å²) in [6, 6.07) is 20.3. The minimum absolute atomic E-state index is 0.163. The molecule has 0 aliphatic carbocycles. The fourth-order valence-corrected chi connectivity index (χ4v) is 4.80. The van der Waals surface area contributed by atoms with Crippen LogP contribution in [0.25, 0.3) is 10.9 Å². The minimum Gasteiger partial charge on any atom is -0.494 e. The number of nitrogens with one attached hydrogen (secondary N) is 1. The molecule has 0 saturated heterocycles. The van der Waals surface area contributed by atoms with Gasteiger partial charge < -0.3 is 14.6 Å². The van der Waals surface area contributed by atoms with Crippen molar-refractivity contribution >= 4 is 28.6 Å². The molecule has 1 amide bonds. The maximum atomic E-state index is 13.0. The van der Waals surface area contributed by atoms with E-state index < -0.39 is 11.7 Å². The van der Waals surface area contributed by atoms with E-state index in [0.717, 1.165) is 27.6 Å². The summed E-state index contributed by atoms with van der Waals surface area (Å²) in [6.45, 7) is 3.47. The third kappa shape index (κ3) is 6.19. The average Bonchev–Trinajstić information content (AvgIpc) is 3.21. The Balaban J connectivity index is 1.41. The quantitative estimate of drug-likeness (QED) is 0.259. The third-order valence-electron chi connectivity index (χ3n) is 5.47. The maximum Gasteiger partial charge on any atom is 0.416 e. The number of benzene rings is 3. The summed E-state index contributed by atoms with van der Waals surface area (Å²) in [5.74, 6) is 0.980. The number of carbonyl (C=O) groups excluding carboxylic acids is 1. The van der Waals surface area contributed by atoms with Gasteiger partial charge in [0.2, 0.25) is 0 Å². The van der Waals surface area contributed by atoms with E-state index in [1.165, 1.54) is 23.9 Å². The number of hydrogen-bond acceptors (Lipinski definition) is 3. The van der Waals surface area contributed by atoms with Crippen molar-refractivity contribution in [3.8, 4) is 5.75 Å². The summed E-state index contributed by atoms with van der Waals surface area (Å²) in [6.07, 6.45) is -2.36. The minimum atomic E-state index is -4.35. The van der Waals surface area contributed by atoms with Gasteiger partial charge in [0.05, 0.1) is 12.2 Å². The number of para-hydroxylation sites is 1. The molecule has 0 radical (unpaired) electrons. The first-order chi connectivity index (χ1) is 16.8. The summed E-state index contributed by atoms with van der Waals surface area (Å²) in [4.78, 5) is 13.5. The van der Waals surface area contributed by atoms with Gasteiger partial charge >= 0.3 is 6.18 Å². The van der Waals surface area contributed by atoms with Crippen molar-refractivity contribution in [2.45, 2.75) is 30.3 Å². The predicted octanol–water partition coefficient (Wildman–Crippen LogP) is 6.78. The molecule has 182 valence electrons. The van der Waals surface area contributed by atoms with Gasteiger partial charge in [-0.2, -0.15) is 13.2 Å². The highest BCUT2D eigenvalue weighted by molar-refractivity contribution is 7.98. The lowest BCUT2D eigenvalue weighted by Gasteiger charge is -2.09. The number of thioether (sulfide) groups is 1. The fraction of sp³-hybridized carbons (Fsp3) is 0.222. The van der Waals surface area contributed by atoms with E-state index in [4.69, 9.17) is 4.74 Å². The van der Waals surface area contributed by atoms with E-state index in [1.807, 2.05) is 37.4 Å². The van der Waals surface area contributed by atoms with Gasteiger partial charge in [0, 0.05) is 46.4 Å². The summed E-state index contributed by atoms with van der Waals surface area (Å²) in [5, 5.41) is 3.97. The molecule has 4 aromatic rings. The highest BCUT2D eigenvalue weighted by Gasteiger charge is 2.30. The van der Waals surface area contributed by atoms with Crippen molar-refractivity contribution in [1.82, 2.24) is 9.88 Å². The van der Waals surface area contributed by atoms with Crippen LogP contribution in [0.2, 0.25) is 0 Å². The maximum absolute atomic E-state index is 13.0. The summed E-state index contributed by atoms with van der Waals surface area (Å²) in [7, 11) is 0. The molecule has 3 aromatic carbocycles. The van der Waals surface area contributed by atoms with Crippen LogP contribution in [-0.2, 0) is 18.5 Å². The SMILES string of the molecule is CCOc1ccc(C(=O)NCCn2cc(SCc3cccc(C(F)(F)F)c3)c3ccccc32)cc1. The molecule has 0 saturated carbocycles. The average molecular weight is 499 g/mol. The number of ether oxygens (including phenoxy) is 1. The molecule has 4 rings (SSSR count). The Labute approximate surface area is 206 Å². The molecule has 0 fully saturated rings. The third-order valence-corrected chi connectivity index (χ3v) is 6.58. The highest BCUT2D eigenvalue weighted by atomic mass is 32.2. The molecule has 1 heterocycles. The van der Waals surface area contributed by atoms with Gasteiger partial charge in [0.25, 0.3) is 5.91 Å². The van der Waals surface area contributed by atoms with Crippen molar-refractivity contribution in [1.29, 1.82) is 0 Å². The van der Waals surface area contributed by atoms with Crippen LogP contribution < -0.4 is 10.1 Å². The van der Waals surface area contributed by atoms with Gasteiger partial charge in [0.1, 0.15) is 5.75 Å². The van der Waals surface area contributed by atoms with Crippen molar-refractivity contribution in [3.63, 3.8) is 0 Å². The first-order valence-corrected chi connectivity index (χ1v) is 12.2. The molecular weight excluding hydrogens is 473 g/mol. The molecule has 0 spiro atoms. The summed E-state index contributed by atoms with van der Waals surface area (Å²) in [5.41, 5.74) is 1.54. The summed E-state index contributed by atoms with van der Waals surface area (Å²) >= 11 is 1.50. The molecule has 1 N–H and O–H groups in total. The molecule has 0 unspecified atom stereocenters. The van der Waals surface area contributed by atoms with E-state index in [-0.39, 0.29) is 5.91 Å². The molecule has 1 aromatic heterocycles. The number of nitrogens with zero attached hydrogens (tertiary/aromatic N) is 1. The normalized spacial score (nSPS) is 11.5. The van der Waals surface area contributed by atoms with Crippen LogP contribution >= 0.6 is 11.8 Å². The predicted molar refractivity (Wildman–Crippen MR) is 133 cm³/mol. The Hall–Kier alpha value is -3.39. The number of aromatic nitrogens is 1. The molecule has 35 heavy (non-hydrogen) atoms. The Bertz CT molecular complexity index is 1300. The van der Waals surface area contributed by atoms with E-state index in [0.29, 0.717) is 36.6 Å². The van der Waals surface area contributed by atoms with Crippen LogP contribution in [0.5, 0.6) is 5.75 Å². The number of alkyl halides is 3. The zero-order valence-electron chi connectivity index (χ0n) is 19.1. The van der Waals surface area contributed by atoms with E-state index in [2.05, 4.69) is 9.88 Å². The van der Waals surface area contributed by atoms with Crippen molar-refractivity contribution in [3.05, 3.63) is 95.7 Å². The molecule has 0 bridgehead atoms. The van der Waals surface area contributed by atoms with E-state index >= 15 is 0 Å². The number of fused-ring (bicyclic) bond motifs is 1. The Kier molecular flexibility index (Phi) is 7.70. The zero-order valence-corrected chi connectivity index (χ0v) is 20.0. The second kappa shape index (κ2) is 10.9. The monoisotopic (exact) mass is 498 g/mol. The lowest BCUT2D eigenvalue weighted by atomic mass is 10.1. The number of hydrogen-bond donors (Lipinski definition) is 1. The smallest absolute Gasteiger partial charge is 0.416 e. The second-order valence-corrected chi connectivity index (χ2v) is 8.92. The van der Waals surface area contributed by atoms with E-state index in [9.17, 15) is 18.0 Å². The molecular formula is C27H25F3N2O2S. The van der Waals surface area contributed by atoms with Crippen LogP contribution in [0.15, 0.2) is 83.9 Å². The molecule has 0 atom stereocenters. The van der Waals surface area contributed by atoms with Crippen LogP contribution in [0.1, 0.15) is 28.4 Å². The molecule has 0 aliphatic heterocycles. The van der Waals surface area contributed by atoms with Crippen LogP contribution in [0, 0.1) is 0 Å². The number of amides is 1. The lowest BCUT2D eigenvalue weighted by Crippen LogP contribution is -2.27. The number of carbonyl (C=O) groups is 1. The van der Waals surface area contributed by atoms with Crippen LogP contribution in [0.4, 0.5) is 13.2 Å². The first-order valence-electron chi connectivity index (χ1n) is 11.2. The molecule has 4 nitrogen and oxygen atoms in total. The molecule has 0 aliphatic rings. The van der Waals surface area contributed by atoms with Crippen molar-refractivity contribution < 1.29 is 22.7 Å². The Morgan fingerprint density at radius 1 is 1.03 bits per heavy atom. The van der Waals surface area contributed by atoms with E-state index in [1.54, 1.807) is 30.3 Å². The van der Waals surface area contributed by atoms with Crippen molar-refractivity contribution in [2.75, 3.05) is 13.2 Å². The largest absolute Gasteiger partial charge is 0.494 e.